The van der Waals surface area contributed by atoms with Crippen LogP contribution in [0.5, 0.6) is 0 Å². The minimum atomic E-state index is -3.85. The topological polar surface area (TPSA) is 101 Å². The zero-order valence-electron chi connectivity index (χ0n) is 12.8. The van der Waals surface area contributed by atoms with Gasteiger partial charge in [-0.25, -0.2) is 18.2 Å². The third-order valence-corrected chi connectivity index (χ3v) is 6.28. The number of hydrogen-bond acceptors (Lipinski definition) is 5. The molecule has 0 unspecified atom stereocenters. The van der Waals surface area contributed by atoms with Crippen LogP contribution in [0.25, 0.3) is 0 Å². The molecule has 9 heteroatoms. The highest BCUT2D eigenvalue weighted by atomic mass is 35.5. The third-order valence-electron chi connectivity index (χ3n) is 3.75. The van der Waals surface area contributed by atoms with E-state index < -0.39 is 16.0 Å². The Labute approximate surface area is 143 Å². The van der Waals surface area contributed by atoms with E-state index in [1.54, 1.807) is 19.1 Å². The highest BCUT2D eigenvalue weighted by Crippen LogP contribution is 2.36. The van der Waals surface area contributed by atoms with Crippen LogP contribution in [0.2, 0.25) is 5.02 Å². The number of sulfonamides is 1. The van der Waals surface area contributed by atoms with Gasteiger partial charge in [-0.15, -0.1) is 0 Å². The first kappa shape index (κ1) is 16.9. The molecule has 0 spiro atoms. The van der Waals surface area contributed by atoms with Gasteiger partial charge in [-0.2, -0.15) is 4.31 Å². The van der Waals surface area contributed by atoms with Crippen molar-refractivity contribution in [3.8, 4) is 0 Å². The summed E-state index contributed by atoms with van der Waals surface area (Å²) in [7, 11) is -3.85. The summed E-state index contributed by atoms with van der Waals surface area (Å²) in [6.07, 6.45) is 2.46. The molecule has 1 aliphatic carbocycles. The molecule has 1 aromatic carbocycles. The lowest BCUT2D eigenvalue weighted by atomic mass is 10.2. The predicted molar refractivity (Wildman–Crippen MR) is 85.4 cm³/mol. The van der Waals surface area contributed by atoms with Gasteiger partial charge in [0.15, 0.2) is 5.69 Å². The van der Waals surface area contributed by atoms with Crippen molar-refractivity contribution in [2.24, 2.45) is 0 Å². The lowest BCUT2D eigenvalue weighted by Gasteiger charge is -2.22. The summed E-state index contributed by atoms with van der Waals surface area (Å²) in [5.74, 6) is -1.19. The van der Waals surface area contributed by atoms with Crippen molar-refractivity contribution in [3.63, 3.8) is 0 Å². The molecule has 3 rings (SSSR count). The Bertz CT molecular complexity index is 869. The first-order chi connectivity index (χ1) is 11.3. The number of oxazole rings is 1. The first-order valence-corrected chi connectivity index (χ1v) is 9.07. The molecule has 0 bridgehead atoms. The molecular formula is C15H15ClN2O5S. The van der Waals surface area contributed by atoms with E-state index in [1.807, 2.05) is 0 Å². The maximum atomic E-state index is 13.1. The normalized spacial score (nSPS) is 15.0. The van der Waals surface area contributed by atoms with Gasteiger partial charge in [-0.05, 0) is 31.4 Å². The lowest BCUT2D eigenvalue weighted by molar-refractivity contribution is 0.0690. The zero-order valence-corrected chi connectivity index (χ0v) is 14.3. The molecule has 128 valence electrons. The van der Waals surface area contributed by atoms with E-state index >= 15 is 0 Å². The van der Waals surface area contributed by atoms with E-state index in [1.165, 1.54) is 10.4 Å². The number of aromatic nitrogens is 1. The van der Waals surface area contributed by atoms with E-state index in [2.05, 4.69) is 4.98 Å². The number of benzene rings is 1. The van der Waals surface area contributed by atoms with Crippen LogP contribution in [0.4, 0.5) is 0 Å². The van der Waals surface area contributed by atoms with Gasteiger partial charge in [-0.3, -0.25) is 0 Å². The van der Waals surface area contributed by atoms with Crippen LogP contribution in [0.15, 0.2) is 33.8 Å². The molecule has 1 aromatic heterocycles. The summed E-state index contributed by atoms with van der Waals surface area (Å²) in [5.41, 5.74) is 0.291. The van der Waals surface area contributed by atoms with Crippen LogP contribution in [0, 0.1) is 6.92 Å². The van der Waals surface area contributed by atoms with Crippen LogP contribution >= 0.6 is 11.6 Å². The third kappa shape index (κ3) is 3.17. The van der Waals surface area contributed by atoms with Crippen molar-refractivity contribution >= 4 is 27.6 Å². The van der Waals surface area contributed by atoms with Gasteiger partial charge in [0, 0.05) is 6.04 Å². The van der Waals surface area contributed by atoms with Crippen LogP contribution in [0.3, 0.4) is 0 Å². The number of carboxylic acids is 1. The predicted octanol–water partition coefficient (Wildman–Crippen LogP) is 2.69. The van der Waals surface area contributed by atoms with E-state index in [0.717, 1.165) is 19.1 Å². The largest absolute Gasteiger partial charge is 0.476 e. The Hall–Kier alpha value is -1.90. The van der Waals surface area contributed by atoms with Crippen molar-refractivity contribution < 1.29 is 22.7 Å². The van der Waals surface area contributed by atoms with Gasteiger partial charge >= 0.3 is 5.97 Å². The molecule has 2 aromatic rings. The summed E-state index contributed by atoms with van der Waals surface area (Å²) in [6, 6.07) is 4.73. The Kier molecular flexibility index (Phi) is 4.37. The maximum absolute atomic E-state index is 13.1. The van der Waals surface area contributed by atoms with Crippen molar-refractivity contribution in [2.75, 3.05) is 0 Å². The lowest BCUT2D eigenvalue weighted by Crippen LogP contribution is -2.33. The number of aryl methyl sites for hydroxylation is 1. The monoisotopic (exact) mass is 370 g/mol. The van der Waals surface area contributed by atoms with Crippen molar-refractivity contribution in [3.05, 3.63) is 46.6 Å². The Morgan fingerprint density at radius 2 is 2.17 bits per heavy atom. The number of aromatic carboxylic acids is 1. The van der Waals surface area contributed by atoms with E-state index in [-0.39, 0.29) is 34.1 Å². The Morgan fingerprint density at radius 3 is 2.71 bits per heavy atom. The molecule has 1 N–H and O–H groups in total. The highest BCUT2D eigenvalue weighted by molar-refractivity contribution is 7.89. The minimum absolute atomic E-state index is 0.0348. The molecule has 1 heterocycles. The van der Waals surface area contributed by atoms with Crippen LogP contribution in [0.1, 0.15) is 34.8 Å². The molecule has 0 saturated heterocycles. The summed E-state index contributed by atoms with van der Waals surface area (Å²) in [5, 5.41) is 9.04. The maximum Gasteiger partial charge on any atom is 0.357 e. The quantitative estimate of drug-likeness (QED) is 0.838. The fourth-order valence-electron chi connectivity index (χ4n) is 2.45. The smallest absolute Gasteiger partial charge is 0.357 e. The van der Waals surface area contributed by atoms with Crippen LogP contribution < -0.4 is 0 Å². The molecule has 7 nitrogen and oxygen atoms in total. The second-order valence-electron chi connectivity index (χ2n) is 5.60. The van der Waals surface area contributed by atoms with Crippen molar-refractivity contribution in [1.82, 2.24) is 9.29 Å². The van der Waals surface area contributed by atoms with Crippen molar-refractivity contribution in [2.45, 2.75) is 37.2 Å². The van der Waals surface area contributed by atoms with Crippen LogP contribution in [-0.4, -0.2) is 34.8 Å². The van der Waals surface area contributed by atoms with Gasteiger partial charge < -0.3 is 9.52 Å². The number of rotatable bonds is 6. The number of carbonyl (C=O) groups is 1. The van der Waals surface area contributed by atoms with Crippen LogP contribution in [-0.2, 0) is 16.6 Å². The van der Waals surface area contributed by atoms with E-state index in [9.17, 15) is 13.2 Å². The average molecular weight is 371 g/mol. The SMILES string of the molecule is Cc1cccc(Cl)c1S(=O)(=O)N(Cc1nc(C(=O)O)co1)C1CC1. The average Bonchev–Trinajstić information content (AvgIpc) is 3.21. The number of hydrogen-bond donors (Lipinski definition) is 1. The second kappa shape index (κ2) is 6.19. The van der Waals surface area contributed by atoms with Gasteiger partial charge in [0.2, 0.25) is 15.9 Å². The minimum Gasteiger partial charge on any atom is -0.476 e. The summed E-state index contributed by atoms with van der Waals surface area (Å²) >= 11 is 6.11. The Morgan fingerprint density at radius 1 is 1.46 bits per heavy atom. The second-order valence-corrected chi connectivity index (χ2v) is 7.83. The zero-order chi connectivity index (χ0) is 17.5. The fourth-order valence-corrected chi connectivity index (χ4v) is 4.87. The standard InChI is InChI=1S/C15H15ClN2O5S/c1-9-3-2-4-11(16)14(9)24(21,22)18(10-5-6-10)7-13-17-12(8-23-13)15(19)20/h2-4,8,10H,5-7H2,1H3,(H,19,20). The van der Waals surface area contributed by atoms with Gasteiger partial charge in [0.1, 0.15) is 11.2 Å². The number of halogens is 1. The fraction of sp³-hybridized carbons (Fsp3) is 0.333. The number of carboxylic acid groups (broad SMARTS) is 1. The van der Waals surface area contributed by atoms with Crippen molar-refractivity contribution in [1.29, 1.82) is 0 Å². The van der Waals surface area contributed by atoms with Gasteiger partial charge in [-0.1, -0.05) is 23.7 Å². The van der Waals surface area contributed by atoms with E-state index in [4.69, 9.17) is 21.1 Å². The molecule has 0 atom stereocenters. The molecule has 1 fully saturated rings. The molecular weight excluding hydrogens is 356 g/mol. The first-order valence-electron chi connectivity index (χ1n) is 7.25. The number of nitrogens with zero attached hydrogens (tertiary/aromatic N) is 2. The molecule has 1 saturated carbocycles. The summed E-state index contributed by atoms with van der Waals surface area (Å²) in [6.45, 7) is 1.54. The molecule has 0 amide bonds. The van der Waals surface area contributed by atoms with E-state index in [0.29, 0.717) is 5.56 Å². The highest BCUT2D eigenvalue weighted by Gasteiger charge is 2.40. The summed E-state index contributed by atoms with van der Waals surface area (Å²) < 4.78 is 32.5. The molecule has 1 aliphatic rings. The Balaban J connectivity index is 1.97. The molecule has 0 radical (unpaired) electrons. The van der Waals surface area contributed by atoms with Gasteiger partial charge in [0.05, 0.1) is 11.6 Å². The van der Waals surface area contributed by atoms with Gasteiger partial charge in [0.25, 0.3) is 0 Å². The molecule has 0 aliphatic heterocycles. The molecule has 24 heavy (non-hydrogen) atoms. The summed E-state index contributed by atoms with van der Waals surface area (Å²) in [4.78, 5) is 14.7.